The lowest BCUT2D eigenvalue weighted by atomic mass is 9.92. The Labute approximate surface area is 184 Å². The Balaban J connectivity index is 1.61. The van der Waals surface area contributed by atoms with Crippen molar-refractivity contribution in [3.8, 4) is 44.5 Å². The van der Waals surface area contributed by atoms with Crippen LogP contribution >= 0.6 is 0 Å². The van der Waals surface area contributed by atoms with Gasteiger partial charge in [0.05, 0.1) is 0 Å². The molecule has 0 radical (unpaired) electrons. The Bertz CT molecular complexity index is 1300. The molecule has 0 unspecified atom stereocenters. The van der Waals surface area contributed by atoms with Crippen molar-refractivity contribution >= 4 is 0 Å². The third-order valence-electron chi connectivity index (χ3n) is 5.72. The summed E-state index contributed by atoms with van der Waals surface area (Å²) in [5.74, 6) is 0. The Morgan fingerprint density at radius 3 is 1.19 bits per heavy atom. The minimum absolute atomic E-state index is 1.23. The van der Waals surface area contributed by atoms with E-state index in [4.69, 9.17) is 0 Å². The van der Waals surface area contributed by atoms with Crippen LogP contribution in [0.4, 0.5) is 0 Å². The molecule has 0 heteroatoms. The van der Waals surface area contributed by atoms with Gasteiger partial charge in [0.1, 0.15) is 0 Å². The second-order valence-corrected chi connectivity index (χ2v) is 7.98. The van der Waals surface area contributed by atoms with Crippen molar-refractivity contribution < 1.29 is 0 Å². The molecule has 0 atom stereocenters. The zero-order valence-electron chi connectivity index (χ0n) is 17.6. The summed E-state index contributed by atoms with van der Waals surface area (Å²) in [6.45, 7) is 2.15. The van der Waals surface area contributed by atoms with E-state index in [1.807, 2.05) is 0 Å². The highest BCUT2D eigenvalue weighted by molar-refractivity contribution is 5.82. The van der Waals surface area contributed by atoms with Gasteiger partial charge in [0.2, 0.25) is 0 Å². The van der Waals surface area contributed by atoms with Gasteiger partial charge in [-0.15, -0.1) is 0 Å². The smallest absolute Gasteiger partial charge is 0.0172 e. The molecule has 0 spiro atoms. The maximum absolute atomic E-state index is 2.30. The first kappa shape index (κ1) is 19.1. The van der Waals surface area contributed by atoms with Gasteiger partial charge in [0, 0.05) is 0 Å². The van der Waals surface area contributed by atoms with Crippen molar-refractivity contribution in [2.24, 2.45) is 0 Å². The first-order chi connectivity index (χ1) is 15.3. The van der Waals surface area contributed by atoms with E-state index in [0.29, 0.717) is 0 Å². The van der Waals surface area contributed by atoms with Crippen LogP contribution in [0.5, 0.6) is 0 Å². The highest BCUT2D eigenvalue weighted by Gasteiger charge is 2.08. The van der Waals surface area contributed by atoms with Gasteiger partial charge in [0.25, 0.3) is 0 Å². The molecule has 0 aromatic heterocycles. The fourth-order valence-corrected chi connectivity index (χ4v) is 4.07. The predicted molar refractivity (Wildman–Crippen MR) is 133 cm³/mol. The van der Waals surface area contributed by atoms with E-state index in [1.165, 1.54) is 50.1 Å². The zero-order valence-corrected chi connectivity index (χ0v) is 17.6. The van der Waals surface area contributed by atoms with Crippen LogP contribution in [-0.4, -0.2) is 0 Å². The van der Waals surface area contributed by atoms with E-state index in [0.717, 1.165) is 0 Å². The molecule has 0 aliphatic rings. The monoisotopic (exact) mass is 396 g/mol. The van der Waals surface area contributed by atoms with Crippen LogP contribution in [0.3, 0.4) is 0 Å². The fourth-order valence-electron chi connectivity index (χ4n) is 4.07. The van der Waals surface area contributed by atoms with Gasteiger partial charge in [-0.3, -0.25) is 0 Å². The van der Waals surface area contributed by atoms with E-state index in [9.17, 15) is 0 Å². The summed E-state index contributed by atoms with van der Waals surface area (Å²) in [6, 6.07) is 45.7. The topological polar surface area (TPSA) is 0 Å². The summed E-state index contributed by atoms with van der Waals surface area (Å²) in [6.07, 6.45) is 0. The summed E-state index contributed by atoms with van der Waals surface area (Å²) in [7, 11) is 0. The Kier molecular flexibility index (Phi) is 5.21. The molecule has 148 valence electrons. The quantitative estimate of drug-likeness (QED) is 0.285. The molecular formula is C31H24. The van der Waals surface area contributed by atoms with Gasteiger partial charge in [-0.2, -0.15) is 0 Å². The van der Waals surface area contributed by atoms with Crippen LogP contribution in [0.25, 0.3) is 44.5 Å². The first-order valence-electron chi connectivity index (χ1n) is 10.7. The lowest BCUT2D eigenvalue weighted by Crippen LogP contribution is -1.87. The molecule has 0 saturated carbocycles. The minimum atomic E-state index is 1.23. The fraction of sp³-hybridized carbons (Fsp3) is 0.0323. The van der Waals surface area contributed by atoms with Crippen molar-refractivity contribution in [3.63, 3.8) is 0 Å². The molecule has 31 heavy (non-hydrogen) atoms. The number of hydrogen-bond acceptors (Lipinski definition) is 0. The molecule has 5 rings (SSSR count). The number of rotatable bonds is 4. The lowest BCUT2D eigenvalue weighted by molar-refractivity contribution is 1.46. The summed E-state index contributed by atoms with van der Waals surface area (Å²) < 4.78 is 0. The summed E-state index contributed by atoms with van der Waals surface area (Å²) in [5, 5.41) is 0. The van der Waals surface area contributed by atoms with Crippen LogP contribution in [0.15, 0.2) is 127 Å². The summed E-state index contributed by atoms with van der Waals surface area (Å²) in [4.78, 5) is 0. The van der Waals surface area contributed by atoms with Crippen molar-refractivity contribution in [1.82, 2.24) is 0 Å². The Morgan fingerprint density at radius 1 is 0.290 bits per heavy atom. The SMILES string of the molecule is Cc1cccc(-c2cc(-c3ccccc3)cc(-c3ccc(-c4ccccc4)cc3)c2)c1. The summed E-state index contributed by atoms with van der Waals surface area (Å²) >= 11 is 0. The molecule has 0 bridgehead atoms. The van der Waals surface area contributed by atoms with E-state index in [1.54, 1.807) is 0 Å². The predicted octanol–water partition coefficient (Wildman–Crippen LogP) is 8.66. The third kappa shape index (κ3) is 4.20. The molecule has 0 aliphatic carbocycles. The van der Waals surface area contributed by atoms with Crippen LogP contribution in [0.2, 0.25) is 0 Å². The average molecular weight is 397 g/mol. The molecule has 0 fully saturated rings. The summed E-state index contributed by atoms with van der Waals surface area (Å²) in [5.41, 5.74) is 11.2. The molecule has 0 nitrogen and oxygen atoms in total. The van der Waals surface area contributed by atoms with Crippen LogP contribution in [0, 0.1) is 6.92 Å². The van der Waals surface area contributed by atoms with Gasteiger partial charge in [0.15, 0.2) is 0 Å². The second-order valence-electron chi connectivity index (χ2n) is 7.98. The van der Waals surface area contributed by atoms with Gasteiger partial charge in [-0.05, 0) is 69.6 Å². The molecule has 0 heterocycles. The molecule has 0 amide bonds. The van der Waals surface area contributed by atoms with E-state index in [-0.39, 0.29) is 0 Å². The van der Waals surface area contributed by atoms with Crippen molar-refractivity contribution in [2.45, 2.75) is 6.92 Å². The molecule has 5 aromatic rings. The highest BCUT2D eigenvalue weighted by Crippen LogP contribution is 2.34. The highest BCUT2D eigenvalue weighted by atomic mass is 14.1. The van der Waals surface area contributed by atoms with Gasteiger partial charge < -0.3 is 0 Å². The second kappa shape index (κ2) is 8.45. The molecule has 0 saturated heterocycles. The molecule has 0 aliphatic heterocycles. The van der Waals surface area contributed by atoms with Crippen LogP contribution in [-0.2, 0) is 0 Å². The van der Waals surface area contributed by atoms with Crippen LogP contribution in [0.1, 0.15) is 5.56 Å². The first-order valence-corrected chi connectivity index (χ1v) is 10.7. The standard InChI is InChI=1S/C31H24/c1-23-9-8-14-28(19-23)31-21-29(25-12-6-3-7-13-25)20-30(22-31)27-17-15-26(16-18-27)24-10-4-2-5-11-24/h2-22H,1H3. The number of benzene rings is 5. The number of aryl methyl sites for hydroxylation is 1. The lowest BCUT2D eigenvalue weighted by Gasteiger charge is -2.12. The van der Waals surface area contributed by atoms with Gasteiger partial charge in [-0.25, -0.2) is 0 Å². The van der Waals surface area contributed by atoms with Crippen molar-refractivity contribution in [2.75, 3.05) is 0 Å². The molecule has 5 aromatic carbocycles. The molecule has 0 N–H and O–H groups in total. The molecular weight excluding hydrogens is 372 g/mol. The number of hydrogen-bond donors (Lipinski definition) is 0. The van der Waals surface area contributed by atoms with E-state index < -0.39 is 0 Å². The van der Waals surface area contributed by atoms with Crippen molar-refractivity contribution in [1.29, 1.82) is 0 Å². The van der Waals surface area contributed by atoms with E-state index >= 15 is 0 Å². The largest absolute Gasteiger partial charge is 0.0622 e. The van der Waals surface area contributed by atoms with E-state index in [2.05, 4.69) is 134 Å². The third-order valence-corrected chi connectivity index (χ3v) is 5.72. The maximum atomic E-state index is 2.30. The zero-order chi connectivity index (χ0) is 21.0. The van der Waals surface area contributed by atoms with Gasteiger partial charge in [-0.1, -0.05) is 115 Å². The Hall–Kier alpha value is -3.90. The Morgan fingerprint density at radius 2 is 0.677 bits per heavy atom. The minimum Gasteiger partial charge on any atom is -0.0622 e. The van der Waals surface area contributed by atoms with Crippen molar-refractivity contribution in [3.05, 3.63) is 133 Å². The average Bonchev–Trinajstić information content (AvgIpc) is 2.85. The van der Waals surface area contributed by atoms with Crippen LogP contribution < -0.4 is 0 Å². The maximum Gasteiger partial charge on any atom is -0.0172 e. The van der Waals surface area contributed by atoms with Gasteiger partial charge >= 0.3 is 0 Å². The normalized spacial score (nSPS) is 10.7.